The number of rotatable bonds is 3. The number of hydrogen-bond donors (Lipinski definition) is 1. The SMILES string of the molecule is CCCC1CCCCN1C(=O)[C@H](C)N. The maximum absolute atomic E-state index is 11.8. The fourth-order valence-corrected chi connectivity index (χ4v) is 2.19. The lowest BCUT2D eigenvalue weighted by Crippen LogP contribution is -2.49. The van der Waals surface area contributed by atoms with Crippen LogP contribution in [-0.2, 0) is 4.79 Å². The highest BCUT2D eigenvalue weighted by Gasteiger charge is 2.27. The summed E-state index contributed by atoms with van der Waals surface area (Å²) >= 11 is 0. The van der Waals surface area contributed by atoms with E-state index >= 15 is 0 Å². The first kappa shape index (κ1) is 11.5. The van der Waals surface area contributed by atoms with Crippen molar-refractivity contribution >= 4 is 5.91 Å². The van der Waals surface area contributed by atoms with Crippen molar-refractivity contribution in [2.45, 2.75) is 58.0 Å². The summed E-state index contributed by atoms with van der Waals surface area (Å²) in [7, 11) is 0. The predicted octanol–water partition coefficient (Wildman–Crippen LogP) is 1.51. The number of carbonyl (C=O) groups excluding carboxylic acids is 1. The lowest BCUT2D eigenvalue weighted by atomic mass is 9.97. The van der Waals surface area contributed by atoms with Crippen LogP contribution in [0.1, 0.15) is 46.0 Å². The van der Waals surface area contributed by atoms with Crippen LogP contribution in [0.4, 0.5) is 0 Å². The van der Waals surface area contributed by atoms with Crippen molar-refractivity contribution in [3.05, 3.63) is 0 Å². The molecule has 3 nitrogen and oxygen atoms in total. The molecule has 0 aromatic carbocycles. The fraction of sp³-hybridized carbons (Fsp3) is 0.909. The van der Waals surface area contributed by atoms with E-state index in [4.69, 9.17) is 5.73 Å². The maximum Gasteiger partial charge on any atom is 0.239 e. The Morgan fingerprint density at radius 1 is 1.57 bits per heavy atom. The number of piperidine rings is 1. The first-order chi connectivity index (χ1) is 6.66. The lowest BCUT2D eigenvalue weighted by Gasteiger charge is -2.36. The van der Waals surface area contributed by atoms with Crippen LogP contribution in [0.2, 0.25) is 0 Å². The van der Waals surface area contributed by atoms with Crippen LogP contribution in [0.5, 0.6) is 0 Å². The molecule has 0 aromatic heterocycles. The standard InChI is InChI=1S/C11H22N2O/c1-3-6-10-7-4-5-8-13(10)11(14)9(2)12/h9-10H,3-8,12H2,1-2H3/t9-,10?/m0/s1. The molecule has 1 aliphatic rings. The molecule has 2 atom stereocenters. The number of likely N-dealkylation sites (tertiary alicyclic amines) is 1. The Kier molecular flexibility index (Phi) is 4.39. The quantitative estimate of drug-likeness (QED) is 0.747. The highest BCUT2D eigenvalue weighted by atomic mass is 16.2. The minimum absolute atomic E-state index is 0.128. The van der Waals surface area contributed by atoms with Gasteiger partial charge in [0.25, 0.3) is 0 Å². The van der Waals surface area contributed by atoms with Crippen molar-refractivity contribution in [1.29, 1.82) is 0 Å². The molecule has 0 aliphatic carbocycles. The summed E-state index contributed by atoms with van der Waals surface area (Å²) in [6.45, 7) is 4.86. The molecule has 82 valence electrons. The molecular weight excluding hydrogens is 176 g/mol. The van der Waals surface area contributed by atoms with E-state index in [9.17, 15) is 4.79 Å². The van der Waals surface area contributed by atoms with E-state index in [0.717, 1.165) is 32.2 Å². The van der Waals surface area contributed by atoms with E-state index in [0.29, 0.717) is 6.04 Å². The van der Waals surface area contributed by atoms with Crippen molar-refractivity contribution in [1.82, 2.24) is 4.90 Å². The molecular formula is C11H22N2O. The summed E-state index contributed by atoms with van der Waals surface area (Å²) in [6, 6.07) is 0.111. The number of nitrogens with two attached hydrogens (primary N) is 1. The van der Waals surface area contributed by atoms with Gasteiger partial charge in [0.15, 0.2) is 0 Å². The van der Waals surface area contributed by atoms with Gasteiger partial charge in [-0.1, -0.05) is 13.3 Å². The molecule has 0 saturated carbocycles. The largest absolute Gasteiger partial charge is 0.338 e. The summed E-state index contributed by atoms with van der Waals surface area (Å²) in [6.07, 6.45) is 5.82. The molecule has 2 N–H and O–H groups in total. The van der Waals surface area contributed by atoms with Gasteiger partial charge in [-0.15, -0.1) is 0 Å². The molecule has 1 aliphatic heterocycles. The van der Waals surface area contributed by atoms with Crippen LogP contribution in [0.15, 0.2) is 0 Å². The van der Waals surface area contributed by atoms with Gasteiger partial charge in [0.2, 0.25) is 5.91 Å². The summed E-state index contributed by atoms with van der Waals surface area (Å²) in [5.74, 6) is 0.128. The molecule has 0 aromatic rings. The van der Waals surface area contributed by atoms with Gasteiger partial charge in [-0.25, -0.2) is 0 Å². The van der Waals surface area contributed by atoms with Crippen molar-refractivity contribution in [2.75, 3.05) is 6.54 Å². The Bertz CT molecular complexity index is 190. The number of amides is 1. The zero-order valence-electron chi connectivity index (χ0n) is 9.33. The van der Waals surface area contributed by atoms with Gasteiger partial charge >= 0.3 is 0 Å². The van der Waals surface area contributed by atoms with E-state index in [-0.39, 0.29) is 11.9 Å². The Morgan fingerprint density at radius 2 is 2.29 bits per heavy atom. The molecule has 1 unspecified atom stereocenters. The number of hydrogen-bond acceptors (Lipinski definition) is 2. The second-order valence-corrected chi connectivity index (χ2v) is 4.26. The third kappa shape index (κ3) is 2.71. The third-order valence-corrected chi connectivity index (χ3v) is 2.92. The van der Waals surface area contributed by atoms with Gasteiger partial charge in [0.1, 0.15) is 0 Å². The van der Waals surface area contributed by atoms with Crippen LogP contribution in [-0.4, -0.2) is 29.4 Å². The van der Waals surface area contributed by atoms with E-state index in [1.807, 2.05) is 4.90 Å². The summed E-state index contributed by atoms with van der Waals surface area (Å²) in [5.41, 5.74) is 5.63. The third-order valence-electron chi connectivity index (χ3n) is 2.92. The van der Waals surface area contributed by atoms with Crippen LogP contribution in [0.3, 0.4) is 0 Å². The topological polar surface area (TPSA) is 46.3 Å². The molecule has 0 radical (unpaired) electrons. The Labute approximate surface area is 86.6 Å². The average molecular weight is 198 g/mol. The average Bonchev–Trinajstić information content (AvgIpc) is 2.18. The molecule has 3 heteroatoms. The van der Waals surface area contributed by atoms with Gasteiger partial charge < -0.3 is 10.6 Å². The van der Waals surface area contributed by atoms with Crippen LogP contribution < -0.4 is 5.73 Å². The highest BCUT2D eigenvalue weighted by Crippen LogP contribution is 2.21. The highest BCUT2D eigenvalue weighted by molar-refractivity contribution is 5.81. The van der Waals surface area contributed by atoms with E-state index in [1.54, 1.807) is 6.92 Å². The molecule has 1 fully saturated rings. The Morgan fingerprint density at radius 3 is 2.86 bits per heavy atom. The normalized spacial score (nSPS) is 24.8. The smallest absolute Gasteiger partial charge is 0.239 e. The van der Waals surface area contributed by atoms with Crippen LogP contribution >= 0.6 is 0 Å². The zero-order chi connectivity index (χ0) is 10.6. The molecule has 0 spiro atoms. The van der Waals surface area contributed by atoms with Crippen molar-refractivity contribution < 1.29 is 4.79 Å². The summed E-state index contributed by atoms with van der Waals surface area (Å²) in [5, 5.41) is 0. The maximum atomic E-state index is 11.8. The van der Waals surface area contributed by atoms with Gasteiger partial charge in [-0.2, -0.15) is 0 Å². The van der Waals surface area contributed by atoms with Gasteiger partial charge in [-0.05, 0) is 32.6 Å². The fourth-order valence-electron chi connectivity index (χ4n) is 2.19. The zero-order valence-corrected chi connectivity index (χ0v) is 9.33. The molecule has 1 heterocycles. The Hall–Kier alpha value is -0.570. The summed E-state index contributed by atoms with van der Waals surface area (Å²) < 4.78 is 0. The van der Waals surface area contributed by atoms with E-state index in [2.05, 4.69) is 6.92 Å². The Balaban J connectivity index is 2.57. The predicted molar refractivity (Wildman–Crippen MR) is 57.9 cm³/mol. The first-order valence-electron chi connectivity index (χ1n) is 5.73. The van der Waals surface area contributed by atoms with Crippen molar-refractivity contribution in [2.24, 2.45) is 5.73 Å². The molecule has 0 bridgehead atoms. The van der Waals surface area contributed by atoms with Gasteiger partial charge in [0, 0.05) is 12.6 Å². The lowest BCUT2D eigenvalue weighted by molar-refractivity contribution is -0.136. The van der Waals surface area contributed by atoms with Crippen LogP contribution in [0.25, 0.3) is 0 Å². The molecule has 1 rings (SSSR count). The van der Waals surface area contributed by atoms with Crippen LogP contribution in [0, 0.1) is 0 Å². The molecule has 14 heavy (non-hydrogen) atoms. The monoisotopic (exact) mass is 198 g/mol. The molecule has 1 amide bonds. The molecule has 1 saturated heterocycles. The summed E-state index contributed by atoms with van der Waals surface area (Å²) in [4.78, 5) is 13.8. The van der Waals surface area contributed by atoms with Gasteiger partial charge in [-0.3, -0.25) is 4.79 Å². The number of nitrogens with zero attached hydrogens (tertiary/aromatic N) is 1. The van der Waals surface area contributed by atoms with E-state index in [1.165, 1.54) is 6.42 Å². The second kappa shape index (κ2) is 5.35. The second-order valence-electron chi connectivity index (χ2n) is 4.26. The van der Waals surface area contributed by atoms with Gasteiger partial charge in [0.05, 0.1) is 6.04 Å². The minimum Gasteiger partial charge on any atom is -0.338 e. The van der Waals surface area contributed by atoms with E-state index < -0.39 is 0 Å². The van der Waals surface area contributed by atoms with Crippen molar-refractivity contribution in [3.8, 4) is 0 Å². The first-order valence-corrected chi connectivity index (χ1v) is 5.73. The van der Waals surface area contributed by atoms with Crippen molar-refractivity contribution in [3.63, 3.8) is 0 Å². The minimum atomic E-state index is -0.340. The number of carbonyl (C=O) groups is 1.